The van der Waals surface area contributed by atoms with Crippen LogP contribution in [-0.4, -0.2) is 0 Å². The molecule has 0 heterocycles. The summed E-state index contributed by atoms with van der Waals surface area (Å²) < 4.78 is 4.91. The first-order valence-electron chi connectivity index (χ1n) is 4.18. The summed E-state index contributed by atoms with van der Waals surface area (Å²) in [4.78, 5) is 0. The summed E-state index contributed by atoms with van der Waals surface area (Å²) in [5.41, 5.74) is 1.22. The van der Waals surface area contributed by atoms with Crippen molar-refractivity contribution in [1.29, 1.82) is 0 Å². The first-order valence-corrected chi connectivity index (χ1v) is 4.65. The van der Waals surface area contributed by atoms with E-state index in [1.54, 1.807) is 0 Å². The molecule has 1 unspecified atom stereocenters. The van der Waals surface area contributed by atoms with Gasteiger partial charge in [-0.15, -0.1) is 0 Å². The van der Waals surface area contributed by atoms with E-state index in [1.807, 2.05) is 31.2 Å². The van der Waals surface area contributed by atoms with Crippen molar-refractivity contribution >= 4 is 9.47 Å². The van der Waals surface area contributed by atoms with Crippen LogP contribution < -0.4 is 4.52 Å². The zero-order chi connectivity index (χ0) is 9.40. The summed E-state index contributed by atoms with van der Waals surface area (Å²) in [6.45, 7) is 6.28. The van der Waals surface area contributed by atoms with Gasteiger partial charge in [-0.25, -0.2) is 0 Å². The van der Waals surface area contributed by atoms with Gasteiger partial charge in [-0.2, -0.15) is 0 Å². The first-order chi connectivity index (χ1) is 5.74. The van der Waals surface area contributed by atoms with E-state index in [0.717, 1.165) is 5.75 Å². The topological polar surface area (TPSA) is 9.23 Å². The van der Waals surface area contributed by atoms with Gasteiger partial charge in [0.1, 0.15) is 5.75 Å². The van der Waals surface area contributed by atoms with Crippen LogP contribution in [0.4, 0.5) is 0 Å². The standard InChI is InChI=1S/C7H9OP.C3H8/c1-6-3-2-4-7(5-6)8-9;1-3-2/h2-5H,9H2,1H3;3H2,1-2H3. The number of hydrogen-bond donors (Lipinski definition) is 0. The Kier molecular flexibility index (Phi) is 6.79. The van der Waals surface area contributed by atoms with Crippen molar-refractivity contribution in [2.45, 2.75) is 27.2 Å². The van der Waals surface area contributed by atoms with Crippen molar-refractivity contribution in [3.63, 3.8) is 0 Å². The third kappa shape index (κ3) is 5.15. The second-order valence-corrected chi connectivity index (χ2v) is 2.88. The van der Waals surface area contributed by atoms with Gasteiger partial charge in [0.15, 0.2) is 0 Å². The summed E-state index contributed by atoms with van der Waals surface area (Å²) >= 11 is 0. The molecule has 2 heteroatoms. The van der Waals surface area contributed by atoms with E-state index in [-0.39, 0.29) is 0 Å². The highest BCUT2D eigenvalue weighted by molar-refractivity contribution is 7.10. The molecular weight excluding hydrogens is 167 g/mol. The third-order valence-electron chi connectivity index (χ3n) is 1.13. The quantitative estimate of drug-likeness (QED) is 0.606. The largest absolute Gasteiger partial charge is 0.480 e. The smallest absolute Gasteiger partial charge is 0.122 e. The fraction of sp³-hybridized carbons (Fsp3) is 0.400. The van der Waals surface area contributed by atoms with Gasteiger partial charge in [0.05, 0.1) is 9.47 Å². The highest BCUT2D eigenvalue weighted by Crippen LogP contribution is 2.13. The molecule has 1 aromatic carbocycles. The molecule has 0 amide bonds. The van der Waals surface area contributed by atoms with Gasteiger partial charge in [0.25, 0.3) is 0 Å². The third-order valence-corrected chi connectivity index (χ3v) is 1.40. The molecule has 0 aliphatic rings. The molecule has 1 rings (SSSR count). The van der Waals surface area contributed by atoms with Crippen molar-refractivity contribution in [3.8, 4) is 5.75 Å². The highest BCUT2D eigenvalue weighted by Gasteiger charge is 1.86. The van der Waals surface area contributed by atoms with Crippen LogP contribution in [0.1, 0.15) is 25.8 Å². The fourth-order valence-corrected chi connectivity index (χ4v) is 0.835. The maximum Gasteiger partial charge on any atom is 0.122 e. The van der Waals surface area contributed by atoms with E-state index < -0.39 is 0 Å². The molecular formula is C10H17OP. The average molecular weight is 184 g/mol. The molecule has 0 aromatic heterocycles. The molecule has 1 aromatic rings. The van der Waals surface area contributed by atoms with Gasteiger partial charge in [-0.3, -0.25) is 0 Å². The Bertz CT molecular complexity index is 211. The summed E-state index contributed by atoms with van der Waals surface area (Å²) in [7, 11) is 2.22. The first kappa shape index (κ1) is 11.4. The van der Waals surface area contributed by atoms with Crippen molar-refractivity contribution in [2.24, 2.45) is 0 Å². The SMILES string of the molecule is CCC.Cc1cccc(OP)c1. The maximum atomic E-state index is 4.91. The fourth-order valence-electron chi connectivity index (χ4n) is 0.689. The second kappa shape index (κ2) is 7.12. The Morgan fingerprint density at radius 2 is 1.92 bits per heavy atom. The number of aryl methyl sites for hydroxylation is 1. The normalized spacial score (nSPS) is 8.33. The van der Waals surface area contributed by atoms with Crippen molar-refractivity contribution in [3.05, 3.63) is 29.8 Å². The highest BCUT2D eigenvalue weighted by atomic mass is 31.0. The Morgan fingerprint density at radius 1 is 1.33 bits per heavy atom. The maximum absolute atomic E-state index is 4.91. The van der Waals surface area contributed by atoms with E-state index in [0.29, 0.717) is 0 Å². The Hall–Kier alpha value is -0.550. The van der Waals surface area contributed by atoms with Crippen molar-refractivity contribution in [2.75, 3.05) is 0 Å². The Balaban J connectivity index is 0.000000354. The van der Waals surface area contributed by atoms with Crippen LogP contribution in [0.25, 0.3) is 0 Å². The minimum Gasteiger partial charge on any atom is -0.480 e. The summed E-state index contributed by atoms with van der Waals surface area (Å²) in [5.74, 6) is 0.889. The predicted molar refractivity (Wildman–Crippen MR) is 57.5 cm³/mol. The van der Waals surface area contributed by atoms with E-state index in [4.69, 9.17) is 4.52 Å². The molecule has 12 heavy (non-hydrogen) atoms. The molecule has 0 bridgehead atoms. The predicted octanol–water partition coefficient (Wildman–Crippen LogP) is 3.58. The van der Waals surface area contributed by atoms with E-state index >= 15 is 0 Å². The average Bonchev–Trinajstić information content (AvgIpc) is 2.06. The van der Waals surface area contributed by atoms with Crippen LogP contribution in [-0.2, 0) is 0 Å². The Labute approximate surface area is 77.4 Å². The summed E-state index contributed by atoms with van der Waals surface area (Å²) in [5, 5.41) is 0. The van der Waals surface area contributed by atoms with Crippen LogP contribution in [0.3, 0.4) is 0 Å². The molecule has 0 fully saturated rings. The van der Waals surface area contributed by atoms with Crippen LogP contribution in [0.15, 0.2) is 24.3 Å². The number of benzene rings is 1. The zero-order valence-electron chi connectivity index (χ0n) is 8.00. The molecule has 0 saturated heterocycles. The zero-order valence-corrected chi connectivity index (χ0v) is 9.16. The Morgan fingerprint density at radius 3 is 2.25 bits per heavy atom. The summed E-state index contributed by atoms with van der Waals surface area (Å²) in [6, 6.07) is 7.90. The van der Waals surface area contributed by atoms with Gasteiger partial charge < -0.3 is 4.52 Å². The van der Waals surface area contributed by atoms with Crippen molar-refractivity contribution in [1.82, 2.24) is 0 Å². The molecule has 0 aliphatic carbocycles. The molecule has 0 spiro atoms. The minimum atomic E-state index is 0.889. The summed E-state index contributed by atoms with van der Waals surface area (Å²) in [6.07, 6.45) is 1.25. The number of rotatable bonds is 1. The molecule has 0 N–H and O–H groups in total. The lowest BCUT2D eigenvalue weighted by Crippen LogP contribution is -1.74. The number of hydrogen-bond acceptors (Lipinski definition) is 1. The van der Waals surface area contributed by atoms with E-state index in [9.17, 15) is 0 Å². The van der Waals surface area contributed by atoms with Crippen LogP contribution in [0, 0.1) is 6.92 Å². The lowest BCUT2D eigenvalue weighted by Gasteiger charge is -1.97. The van der Waals surface area contributed by atoms with Crippen molar-refractivity contribution < 1.29 is 4.52 Å². The monoisotopic (exact) mass is 184 g/mol. The van der Waals surface area contributed by atoms with E-state index in [2.05, 4.69) is 23.3 Å². The molecule has 0 aliphatic heterocycles. The van der Waals surface area contributed by atoms with Crippen LogP contribution in [0.2, 0.25) is 0 Å². The van der Waals surface area contributed by atoms with Crippen LogP contribution >= 0.6 is 9.47 Å². The van der Waals surface area contributed by atoms with Gasteiger partial charge in [0, 0.05) is 0 Å². The van der Waals surface area contributed by atoms with Gasteiger partial charge in [-0.05, 0) is 24.6 Å². The molecule has 1 nitrogen and oxygen atoms in total. The van der Waals surface area contributed by atoms with Gasteiger partial charge in [0.2, 0.25) is 0 Å². The molecule has 0 saturated carbocycles. The van der Waals surface area contributed by atoms with E-state index in [1.165, 1.54) is 12.0 Å². The minimum absolute atomic E-state index is 0.889. The van der Waals surface area contributed by atoms with Gasteiger partial charge in [-0.1, -0.05) is 32.4 Å². The molecule has 0 radical (unpaired) electrons. The van der Waals surface area contributed by atoms with Crippen LogP contribution in [0.5, 0.6) is 5.75 Å². The van der Waals surface area contributed by atoms with Gasteiger partial charge >= 0.3 is 0 Å². The lowest BCUT2D eigenvalue weighted by molar-refractivity contribution is 0.645. The lowest BCUT2D eigenvalue weighted by atomic mass is 10.2. The molecule has 1 atom stereocenters. The molecule has 68 valence electrons. The second-order valence-electron chi connectivity index (χ2n) is 2.64.